The molecule has 5 nitrogen and oxygen atoms in total. The highest BCUT2D eigenvalue weighted by Crippen LogP contribution is 2.51. The van der Waals surface area contributed by atoms with E-state index >= 15 is 0 Å². The van der Waals surface area contributed by atoms with E-state index < -0.39 is 28.2 Å². The molecule has 1 heterocycles. The summed E-state index contributed by atoms with van der Waals surface area (Å²) in [6, 6.07) is 9.99. The zero-order valence-corrected chi connectivity index (χ0v) is 17.8. The van der Waals surface area contributed by atoms with Gasteiger partial charge in [0.2, 0.25) is 0 Å². The smallest absolute Gasteiger partial charge is 0.319 e. The van der Waals surface area contributed by atoms with Crippen molar-refractivity contribution in [2.24, 2.45) is 16.2 Å². The summed E-state index contributed by atoms with van der Waals surface area (Å²) in [5, 5.41) is 0. The third-order valence-electron chi connectivity index (χ3n) is 6.32. The number of esters is 3. The Bertz CT molecular complexity index is 743. The van der Waals surface area contributed by atoms with E-state index in [-0.39, 0.29) is 18.3 Å². The second-order valence-electron chi connectivity index (χ2n) is 9.07. The van der Waals surface area contributed by atoms with Crippen LogP contribution in [-0.2, 0) is 23.9 Å². The molecule has 154 valence electrons. The normalized spacial score (nSPS) is 28.2. The van der Waals surface area contributed by atoms with E-state index in [4.69, 9.17) is 9.47 Å². The van der Waals surface area contributed by atoms with Crippen LogP contribution in [0.3, 0.4) is 0 Å². The van der Waals surface area contributed by atoms with Crippen molar-refractivity contribution in [3.05, 3.63) is 35.9 Å². The molecule has 0 N–H and O–H groups in total. The average Bonchev–Trinajstić information content (AvgIpc) is 2.66. The molecule has 1 aromatic rings. The van der Waals surface area contributed by atoms with Crippen LogP contribution in [0, 0.1) is 16.2 Å². The fraction of sp³-hybridized carbons (Fsp3) is 0.609. The summed E-state index contributed by atoms with van der Waals surface area (Å²) in [7, 11) is 1.35. The molecule has 1 aromatic carbocycles. The Balaban J connectivity index is 2.29. The van der Waals surface area contributed by atoms with Gasteiger partial charge in [-0.15, -0.1) is 0 Å². The third-order valence-corrected chi connectivity index (χ3v) is 6.32. The van der Waals surface area contributed by atoms with Gasteiger partial charge in [0.25, 0.3) is 0 Å². The van der Waals surface area contributed by atoms with E-state index in [0.29, 0.717) is 19.3 Å². The summed E-state index contributed by atoms with van der Waals surface area (Å²) >= 11 is 0. The van der Waals surface area contributed by atoms with E-state index in [0.717, 1.165) is 5.56 Å². The molecule has 0 bridgehead atoms. The van der Waals surface area contributed by atoms with Gasteiger partial charge in [-0.05, 0) is 57.9 Å². The van der Waals surface area contributed by atoms with Crippen LogP contribution in [0.2, 0.25) is 0 Å². The predicted octanol–water partition coefficient (Wildman–Crippen LogP) is 4.65. The van der Waals surface area contributed by atoms with Crippen LogP contribution in [0.4, 0.5) is 0 Å². The first kappa shape index (κ1) is 22.1. The molecule has 0 saturated carbocycles. The van der Waals surface area contributed by atoms with E-state index in [1.54, 1.807) is 13.8 Å². The number of rotatable bonds is 7. The van der Waals surface area contributed by atoms with Gasteiger partial charge in [0.1, 0.15) is 0 Å². The molecule has 5 heteroatoms. The van der Waals surface area contributed by atoms with Crippen molar-refractivity contribution >= 4 is 17.9 Å². The van der Waals surface area contributed by atoms with Gasteiger partial charge >= 0.3 is 17.9 Å². The van der Waals surface area contributed by atoms with Gasteiger partial charge in [0, 0.05) is 0 Å². The Morgan fingerprint density at radius 2 is 1.75 bits per heavy atom. The minimum absolute atomic E-state index is 0.134. The highest BCUT2D eigenvalue weighted by Gasteiger charge is 2.55. The first-order chi connectivity index (χ1) is 13.0. The summed E-state index contributed by atoms with van der Waals surface area (Å²) in [4.78, 5) is 37.7. The largest absolute Gasteiger partial charge is 0.469 e. The number of carbonyl (C=O) groups is 3. The predicted molar refractivity (Wildman–Crippen MR) is 106 cm³/mol. The van der Waals surface area contributed by atoms with Crippen molar-refractivity contribution in [3.63, 3.8) is 0 Å². The quantitative estimate of drug-likeness (QED) is 0.502. The average molecular weight is 389 g/mol. The van der Waals surface area contributed by atoms with E-state index in [1.807, 2.05) is 44.2 Å². The second kappa shape index (κ2) is 8.06. The minimum Gasteiger partial charge on any atom is -0.469 e. The molecule has 1 aliphatic heterocycles. The lowest BCUT2D eigenvalue weighted by Crippen LogP contribution is -2.51. The molecule has 1 aliphatic rings. The molecule has 1 saturated heterocycles. The van der Waals surface area contributed by atoms with Crippen molar-refractivity contribution in [1.29, 1.82) is 0 Å². The summed E-state index contributed by atoms with van der Waals surface area (Å²) in [5.41, 5.74) is -1.40. The van der Waals surface area contributed by atoms with Crippen LogP contribution in [0.25, 0.3) is 0 Å². The molecular formula is C23H32O5. The maximum Gasteiger partial charge on any atom is 0.319 e. The highest BCUT2D eigenvalue weighted by molar-refractivity contribution is 5.95. The Morgan fingerprint density at radius 1 is 1.18 bits per heavy atom. The number of methoxy groups -OCH3 is 1. The Morgan fingerprint density at radius 3 is 2.29 bits per heavy atom. The molecule has 1 fully saturated rings. The fourth-order valence-electron chi connectivity index (χ4n) is 4.65. The Labute approximate surface area is 167 Å². The van der Waals surface area contributed by atoms with E-state index in [9.17, 15) is 14.4 Å². The van der Waals surface area contributed by atoms with Gasteiger partial charge in [0.05, 0.1) is 23.4 Å². The molecule has 4 unspecified atom stereocenters. The van der Waals surface area contributed by atoms with Crippen LogP contribution < -0.4 is 0 Å². The molecule has 28 heavy (non-hydrogen) atoms. The van der Waals surface area contributed by atoms with E-state index in [1.165, 1.54) is 7.11 Å². The second-order valence-corrected chi connectivity index (χ2v) is 9.07. The number of ether oxygens (including phenoxy) is 2. The zero-order valence-electron chi connectivity index (χ0n) is 17.8. The van der Waals surface area contributed by atoms with Crippen LogP contribution >= 0.6 is 0 Å². The standard InChI is InChI=1S/C23H32O5/c1-7-21(3,18(24)27-6)14-23(5)15-22(4,19(25)28-20(23)26)13-16(2)17-11-9-8-10-12-17/h8-12,16H,7,13-15H2,1-6H3. The summed E-state index contributed by atoms with van der Waals surface area (Å²) < 4.78 is 10.2. The van der Waals surface area contributed by atoms with Gasteiger partial charge in [-0.25, -0.2) is 0 Å². The number of benzene rings is 1. The molecule has 0 amide bonds. The zero-order chi connectivity index (χ0) is 21.2. The van der Waals surface area contributed by atoms with Crippen LogP contribution in [-0.4, -0.2) is 25.0 Å². The van der Waals surface area contributed by atoms with Crippen LogP contribution in [0.1, 0.15) is 71.8 Å². The number of hydrogen-bond acceptors (Lipinski definition) is 5. The van der Waals surface area contributed by atoms with E-state index in [2.05, 4.69) is 6.92 Å². The molecule has 0 spiro atoms. The SMILES string of the molecule is CCC(C)(CC1(C)CC(C)(CC(C)c2ccccc2)C(=O)OC1=O)C(=O)OC. The maximum atomic E-state index is 12.7. The molecule has 0 radical (unpaired) electrons. The number of hydrogen-bond donors (Lipinski definition) is 0. The van der Waals surface area contributed by atoms with Crippen LogP contribution in [0.15, 0.2) is 30.3 Å². The van der Waals surface area contributed by atoms with Gasteiger partial charge in [-0.1, -0.05) is 44.2 Å². The first-order valence-electron chi connectivity index (χ1n) is 9.90. The van der Waals surface area contributed by atoms with Gasteiger partial charge in [-0.2, -0.15) is 0 Å². The lowest BCUT2D eigenvalue weighted by molar-refractivity contribution is -0.188. The van der Waals surface area contributed by atoms with Crippen molar-refractivity contribution < 1.29 is 23.9 Å². The Kier molecular flexibility index (Phi) is 6.37. The van der Waals surface area contributed by atoms with Crippen molar-refractivity contribution in [2.75, 3.05) is 7.11 Å². The molecule has 0 aliphatic carbocycles. The molecular weight excluding hydrogens is 356 g/mol. The highest BCUT2D eigenvalue weighted by atomic mass is 16.6. The van der Waals surface area contributed by atoms with Crippen molar-refractivity contribution in [3.8, 4) is 0 Å². The van der Waals surface area contributed by atoms with Gasteiger partial charge < -0.3 is 9.47 Å². The molecule has 4 atom stereocenters. The fourth-order valence-corrected chi connectivity index (χ4v) is 4.65. The topological polar surface area (TPSA) is 69.7 Å². The van der Waals surface area contributed by atoms with Crippen molar-refractivity contribution in [2.45, 2.75) is 66.2 Å². The monoisotopic (exact) mass is 388 g/mol. The first-order valence-corrected chi connectivity index (χ1v) is 9.90. The Hall–Kier alpha value is -2.17. The number of cyclic esters (lactones) is 2. The molecule has 2 rings (SSSR count). The summed E-state index contributed by atoms with van der Waals surface area (Å²) in [6.45, 7) is 9.44. The lowest BCUT2D eigenvalue weighted by Gasteiger charge is -2.44. The number of carbonyl (C=O) groups excluding carboxylic acids is 3. The maximum absolute atomic E-state index is 12.7. The molecule has 0 aromatic heterocycles. The van der Waals surface area contributed by atoms with Gasteiger partial charge in [0.15, 0.2) is 0 Å². The summed E-state index contributed by atoms with van der Waals surface area (Å²) in [5.74, 6) is -1.24. The van der Waals surface area contributed by atoms with Crippen LogP contribution in [0.5, 0.6) is 0 Å². The summed E-state index contributed by atoms with van der Waals surface area (Å²) in [6.07, 6.45) is 1.74. The lowest BCUT2D eigenvalue weighted by atomic mass is 9.61. The third kappa shape index (κ3) is 4.29. The van der Waals surface area contributed by atoms with Crippen molar-refractivity contribution in [1.82, 2.24) is 0 Å². The minimum atomic E-state index is -0.933. The van der Waals surface area contributed by atoms with Gasteiger partial charge in [-0.3, -0.25) is 14.4 Å².